The summed E-state index contributed by atoms with van der Waals surface area (Å²) in [5.41, 5.74) is 12.9. The van der Waals surface area contributed by atoms with Gasteiger partial charge in [0.05, 0.1) is 55.9 Å². The van der Waals surface area contributed by atoms with Crippen molar-refractivity contribution in [2.24, 2.45) is 17.8 Å². The first-order valence-corrected chi connectivity index (χ1v) is 54.1. The van der Waals surface area contributed by atoms with Gasteiger partial charge >= 0.3 is 39.8 Å². The lowest BCUT2D eigenvalue weighted by atomic mass is 9.59. The van der Waals surface area contributed by atoms with Crippen LogP contribution in [0.3, 0.4) is 0 Å². The van der Waals surface area contributed by atoms with Gasteiger partial charge in [0.15, 0.2) is 93.8 Å². The third-order valence-corrected chi connectivity index (χ3v) is 35.7. The van der Waals surface area contributed by atoms with Crippen molar-refractivity contribution in [1.82, 2.24) is 0 Å². The zero-order valence-corrected chi connectivity index (χ0v) is 83.0. The molecule has 0 aliphatic heterocycles. The zero-order valence-electron chi connectivity index (χ0n) is 78.1. The Morgan fingerprint density at radius 2 is 0.577 bits per heavy atom. The molecule has 1 aromatic heterocycles. The topological polar surface area (TPSA) is 268 Å². The van der Waals surface area contributed by atoms with Gasteiger partial charge in [-0.2, -0.15) is 39.5 Å². The van der Waals surface area contributed by atoms with E-state index in [9.17, 15) is 115 Å². The molecular formula is C114H85F13O16S6. The van der Waals surface area contributed by atoms with Crippen LogP contribution in [-0.4, -0.2) is 92.4 Å². The average molecular weight is 2150 g/mol. The molecule has 4 unspecified atom stereocenters. The second-order valence-corrected chi connectivity index (χ2v) is 46.3. The first kappa shape index (κ1) is 106. The van der Waals surface area contributed by atoms with Crippen molar-refractivity contribution in [3.63, 3.8) is 0 Å². The first-order valence-electron chi connectivity index (χ1n) is 46.2. The van der Waals surface area contributed by atoms with E-state index in [-0.39, 0.29) is 51.4 Å². The van der Waals surface area contributed by atoms with Crippen molar-refractivity contribution in [2.45, 2.75) is 113 Å². The Bertz CT molecular complexity index is 7500. The molecule has 35 heteroatoms. The summed E-state index contributed by atoms with van der Waals surface area (Å²) in [6, 6.07) is 111. The second kappa shape index (κ2) is 43.7. The number of hydrogen-bond acceptors (Lipinski definition) is 16. The molecule has 149 heavy (non-hydrogen) atoms. The van der Waals surface area contributed by atoms with E-state index in [1.165, 1.54) is 41.3 Å². The highest BCUT2D eigenvalue weighted by molar-refractivity contribution is 7.97. The fraction of sp³-hybridized carbons (Fsp3) is 0.175. The lowest BCUT2D eigenvalue weighted by Gasteiger charge is -2.44. The highest BCUT2D eigenvalue weighted by atomic mass is 32.2. The molecule has 4 atom stereocenters. The minimum Gasteiger partial charge on any atom is -0.743 e. The standard InChI is InChI=1S/C20H15OS.C19H14F3S.3C19H16F2O5S.C18H11F4S/c1-14-11-12-19-17(13-14)20(21)16-9-5-6-10-18(16)22(19)15-7-3-2-4-8-15;20-19(21,22)15-8-7-13-18(14-15)23(16-9-3-1-4-10-16)17-11-5-2-6-12-17;3*20-19(21,27(23,24)25)10-26-18(22)16-9-15-11-5-1-3-7-13(11)17(16)14-8-4-2-6-12(14)15;19-12-6-13(20)9-17(8-12)23(16-4-2-1-3-5-16)18-10-14(21)7-15(22)11-18/h2-13H,1H3;1-14H;3*1-8,15-17H,9-10H2,(H,23,24,25);1-11H/q2*+1;;;;+1/p-3. The van der Waals surface area contributed by atoms with Gasteiger partial charge in [0.25, 0.3) is 0 Å². The summed E-state index contributed by atoms with van der Waals surface area (Å²) in [6.45, 7) is -3.27. The average Bonchev–Trinajstić information content (AvgIpc) is 0.722. The van der Waals surface area contributed by atoms with Crippen molar-refractivity contribution in [1.29, 1.82) is 0 Å². The molecule has 764 valence electrons. The first-order chi connectivity index (χ1) is 70.9. The SMILES string of the molecule is Cc1ccc2c(c1)c(=O)c1ccccc1[s+]2-c1ccccc1.FC(F)(F)c1cccc([S+](c2ccccc2)c2ccccc2)c1.Fc1cc(F)cc([S+](c2ccccc2)c2cc(F)cc(F)c2)c1.O=C(OCC(F)(F)S(=O)(=O)[O-])C1CC2c3ccccc3C1c1ccccc12.O=C(OCC(F)(F)S(=O)(=O)[O-])C1CC2c3ccccc3C1c1ccccc12.O=C(OCC(F)(F)S(=O)(=O)[O-])C1CC2c3ccccc3C1c1ccccc12. The molecule has 0 amide bonds. The fourth-order valence-electron chi connectivity index (χ4n) is 20.1. The Morgan fingerprint density at radius 3 is 0.886 bits per heavy atom. The smallest absolute Gasteiger partial charge is 0.416 e. The van der Waals surface area contributed by atoms with Crippen molar-refractivity contribution < 1.29 is 125 Å². The molecule has 0 saturated heterocycles. The summed E-state index contributed by atoms with van der Waals surface area (Å²) < 4.78 is 285. The molecule has 15 aromatic carbocycles. The van der Waals surface area contributed by atoms with Crippen LogP contribution in [0.5, 0.6) is 0 Å². The van der Waals surface area contributed by atoms with Crippen LogP contribution in [0.25, 0.3) is 25.1 Å². The van der Waals surface area contributed by atoms with E-state index in [4.69, 9.17) is 0 Å². The molecule has 1 heterocycles. The van der Waals surface area contributed by atoms with Crippen molar-refractivity contribution in [3.05, 3.63) is 481 Å². The Labute approximate surface area is 856 Å². The fourth-order valence-corrected chi connectivity index (χ4v) is 27.3. The van der Waals surface area contributed by atoms with Crippen LogP contribution in [0.4, 0.5) is 57.1 Å². The number of carbonyl (C=O) groups is 3. The van der Waals surface area contributed by atoms with E-state index in [0.717, 1.165) is 120 Å². The summed E-state index contributed by atoms with van der Waals surface area (Å²) in [5.74, 6) is -9.10. The number of rotatable bonds is 19. The Morgan fingerprint density at radius 1 is 0.309 bits per heavy atom. The highest BCUT2D eigenvalue weighted by Crippen LogP contribution is 2.60. The van der Waals surface area contributed by atoms with Crippen LogP contribution in [0, 0.1) is 47.9 Å². The molecule has 16 aromatic rings. The maximum Gasteiger partial charge on any atom is 0.416 e. The summed E-state index contributed by atoms with van der Waals surface area (Å²) in [7, 11) is -19.5. The van der Waals surface area contributed by atoms with E-state index in [1.54, 1.807) is 36.4 Å². The molecule has 9 aliphatic carbocycles. The van der Waals surface area contributed by atoms with E-state index in [0.29, 0.717) is 38.8 Å². The van der Waals surface area contributed by atoms with Crippen molar-refractivity contribution in [2.75, 3.05) is 19.8 Å². The van der Waals surface area contributed by atoms with Crippen LogP contribution >= 0.6 is 10.5 Å². The van der Waals surface area contributed by atoms with Crippen LogP contribution in [0.2, 0.25) is 0 Å². The van der Waals surface area contributed by atoms with E-state index in [2.05, 4.69) is 56.7 Å². The summed E-state index contributed by atoms with van der Waals surface area (Å²) in [6.07, 6.45) is -3.19. The Balaban J connectivity index is 0.000000122. The van der Waals surface area contributed by atoms with Gasteiger partial charge in [0.1, 0.15) is 23.3 Å². The normalized spacial score (nSPS) is 18.0. The molecule has 0 N–H and O–H groups in total. The maximum absolute atomic E-state index is 13.6. The highest BCUT2D eigenvalue weighted by Gasteiger charge is 2.53. The third-order valence-electron chi connectivity index (χ3n) is 26.5. The number of fused-ring (bicyclic) bond motifs is 5. The van der Waals surface area contributed by atoms with Crippen molar-refractivity contribution >= 4 is 101 Å². The molecule has 25 rings (SSSR count). The van der Waals surface area contributed by atoms with Gasteiger partial charge in [-0.1, -0.05) is 243 Å². The Hall–Kier alpha value is -13.9. The third kappa shape index (κ3) is 22.7. The second-order valence-electron chi connectivity index (χ2n) is 35.7. The number of carbonyl (C=O) groups excluding carboxylic acids is 3. The van der Waals surface area contributed by atoms with Gasteiger partial charge in [-0.3, -0.25) is 19.2 Å². The van der Waals surface area contributed by atoms with Crippen LogP contribution in [0.1, 0.15) is 133 Å². The summed E-state index contributed by atoms with van der Waals surface area (Å²) >= 11 is 0. The lowest BCUT2D eigenvalue weighted by molar-refractivity contribution is -0.156. The molecule has 9 aliphatic rings. The Kier molecular flexibility index (Phi) is 31.2. The summed E-state index contributed by atoms with van der Waals surface area (Å²) in [4.78, 5) is 55.7. The van der Waals surface area contributed by atoms with E-state index < -0.39 is 158 Å². The minimum absolute atomic E-state index is 0.0660. The number of benzene rings is 15. The number of halogens is 13. The predicted molar refractivity (Wildman–Crippen MR) is 535 cm³/mol. The molecule has 16 nitrogen and oxygen atoms in total. The maximum atomic E-state index is 13.6. The van der Waals surface area contributed by atoms with Gasteiger partial charge in [0.2, 0.25) is 5.43 Å². The zero-order chi connectivity index (χ0) is 106. The summed E-state index contributed by atoms with van der Waals surface area (Å²) in [5, 5.41) is -12.2. The van der Waals surface area contributed by atoms with Gasteiger partial charge in [-0.15, -0.1) is 0 Å². The minimum atomic E-state index is -5.90. The lowest BCUT2D eigenvalue weighted by Crippen LogP contribution is -2.40. The van der Waals surface area contributed by atoms with E-state index >= 15 is 0 Å². The molecular weight excluding hydrogens is 2060 g/mol. The van der Waals surface area contributed by atoms with Crippen LogP contribution in [-0.2, 0) is 86.9 Å². The van der Waals surface area contributed by atoms with Gasteiger partial charge < -0.3 is 27.9 Å². The van der Waals surface area contributed by atoms with Crippen LogP contribution < -0.4 is 5.43 Å². The monoisotopic (exact) mass is 2150 g/mol. The predicted octanol–water partition coefficient (Wildman–Crippen LogP) is 25.4. The van der Waals surface area contributed by atoms with Gasteiger partial charge in [0, 0.05) is 88.4 Å². The molecule has 6 bridgehead atoms. The molecule has 0 radical (unpaired) electrons. The van der Waals surface area contributed by atoms with E-state index in [1.807, 2.05) is 244 Å². The van der Waals surface area contributed by atoms with Gasteiger partial charge in [-0.25, -0.2) is 42.8 Å². The van der Waals surface area contributed by atoms with Crippen molar-refractivity contribution in [3.8, 4) is 4.90 Å². The molecule has 0 spiro atoms. The number of ether oxygens (including phenoxy) is 3. The quantitative estimate of drug-likeness (QED) is 0.0182. The largest absolute Gasteiger partial charge is 0.743 e. The molecule has 0 saturated carbocycles. The number of alkyl halides is 9. The number of aryl methyl sites for hydroxylation is 1. The van der Waals surface area contributed by atoms with Crippen LogP contribution in [0.15, 0.2) is 404 Å². The van der Waals surface area contributed by atoms with Gasteiger partial charge in [-0.05, 0) is 183 Å². The molecule has 0 fully saturated rings. The number of hydrogen-bond donors (Lipinski definition) is 0. The number of esters is 3.